The van der Waals surface area contributed by atoms with E-state index in [4.69, 9.17) is 4.42 Å². The van der Waals surface area contributed by atoms with Crippen molar-refractivity contribution in [3.63, 3.8) is 0 Å². The van der Waals surface area contributed by atoms with Crippen LogP contribution in [0.25, 0.3) is 0 Å². The summed E-state index contributed by atoms with van der Waals surface area (Å²) >= 11 is 0. The second kappa shape index (κ2) is 7.28. The van der Waals surface area contributed by atoms with Crippen LogP contribution in [0.4, 0.5) is 5.69 Å². The minimum Gasteiger partial charge on any atom is -0.467 e. The molecule has 21 heavy (non-hydrogen) atoms. The van der Waals surface area contributed by atoms with Gasteiger partial charge in [-0.3, -0.25) is 9.59 Å². The first-order chi connectivity index (χ1) is 10.1. The Bertz CT molecular complexity index is 588. The lowest BCUT2D eigenvalue weighted by atomic mass is 10.1. The molecular weight excluding hydrogens is 268 g/mol. The third-order valence-electron chi connectivity index (χ3n) is 3.01. The summed E-state index contributed by atoms with van der Waals surface area (Å²) in [7, 11) is 0. The van der Waals surface area contributed by atoms with E-state index in [-0.39, 0.29) is 11.7 Å². The number of ketones is 1. The molecule has 0 spiro atoms. The Kier molecular flexibility index (Phi) is 5.15. The van der Waals surface area contributed by atoms with Crippen LogP contribution in [0, 0.1) is 0 Å². The number of carbonyl (C=O) groups excluding carboxylic acids is 2. The summed E-state index contributed by atoms with van der Waals surface area (Å²) in [5, 5.41) is 5.92. The molecule has 0 aliphatic heterocycles. The minimum atomic E-state index is -0.0424. The number of anilines is 1. The number of Topliss-reactive ketones (excluding diaryl/α,β-unsaturated/α-hetero) is 1. The van der Waals surface area contributed by atoms with Crippen molar-refractivity contribution in [1.82, 2.24) is 5.32 Å². The molecule has 5 heteroatoms. The molecule has 2 N–H and O–H groups in total. The van der Waals surface area contributed by atoms with E-state index in [1.165, 1.54) is 6.92 Å². The highest BCUT2D eigenvalue weighted by molar-refractivity contribution is 5.94. The van der Waals surface area contributed by atoms with Crippen LogP contribution in [0.15, 0.2) is 47.1 Å². The van der Waals surface area contributed by atoms with Crippen molar-refractivity contribution >= 4 is 17.4 Å². The quantitative estimate of drug-likeness (QED) is 0.767. The molecule has 0 saturated heterocycles. The highest BCUT2D eigenvalue weighted by Crippen LogP contribution is 2.09. The van der Waals surface area contributed by atoms with Gasteiger partial charge in [-0.2, -0.15) is 0 Å². The maximum Gasteiger partial charge on any atom is 0.222 e. The second-order valence-electron chi connectivity index (χ2n) is 4.67. The molecule has 1 amide bonds. The molecule has 2 aromatic rings. The topological polar surface area (TPSA) is 71.3 Å². The lowest BCUT2D eigenvalue weighted by molar-refractivity contribution is -0.121. The van der Waals surface area contributed by atoms with Gasteiger partial charge in [-0.15, -0.1) is 0 Å². The van der Waals surface area contributed by atoms with Crippen LogP contribution in [0.1, 0.15) is 29.5 Å². The van der Waals surface area contributed by atoms with Crippen LogP contribution in [0.5, 0.6) is 0 Å². The molecule has 0 saturated carbocycles. The number of carbonyl (C=O) groups is 2. The maximum absolute atomic E-state index is 11.6. The number of rotatable bonds is 7. The van der Waals surface area contributed by atoms with Crippen LogP contribution in [-0.4, -0.2) is 18.2 Å². The molecule has 1 aromatic carbocycles. The predicted octanol–water partition coefficient (Wildman–Crippen LogP) is 2.60. The number of furan rings is 1. The van der Waals surface area contributed by atoms with E-state index in [0.717, 1.165) is 11.4 Å². The molecule has 1 heterocycles. The van der Waals surface area contributed by atoms with E-state index in [9.17, 15) is 9.59 Å². The molecule has 0 radical (unpaired) electrons. The highest BCUT2D eigenvalue weighted by Gasteiger charge is 2.03. The number of nitrogens with one attached hydrogen (secondary N) is 2. The third kappa shape index (κ3) is 4.80. The summed E-state index contributed by atoms with van der Waals surface area (Å²) in [4.78, 5) is 22.8. The monoisotopic (exact) mass is 286 g/mol. The smallest absolute Gasteiger partial charge is 0.222 e. The number of hydrogen-bond acceptors (Lipinski definition) is 4. The average Bonchev–Trinajstić information content (AvgIpc) is 2.99. The van der Waals surface area contributed by atoms with E-state index < -0.39 is 0 Å². The fourth-order valence-electron chi connectivity index (χ4n) is 1.83. The summed E-state index contributed by atoms with van der Waals surface area (Å²) in [5.74, 6) is 0.731. The molecule has 0 unspecified atom stereocenters. The molecule has 0 atom stereocenters. The van der Waals surface area contributed by atoms with Gasteiger partial charge >= 0.3 is 0 Å². The van der Waals surface area contributed by atoms with E-state index in [1.807, 2.05) is 18.2 Å². The molecule has 5 nitrogen and oxygen atoms in total. The lowest BCUT2D eigenvalue weighted by Gasteiger charge is -2.07. The second-order valence-corrected chi connectivity index (χ2v) is 4.67. The van der Waals surface area contributed by atoms with Gasteiger partial charge in [0, 0.05) is 24.2 Å². The molecule has 0 aliphatic carbocycles. The van der Waals surface area contributed by atoms with Gasteiger partial charge in [-0.1, -0.05) is 0 Å². The summed E-state index contributed by atoms with van der Waals surface area (Å²) in [6.07, 6.45) is 1.95. The molecular formula is C16H18N2O3. The van der Waals surface area contributed by atoms with E-state index in [2.05, 4.69) is 10.6 Å². The molecule has 0 aliphatic rings. The van der Waals surface area contributed by atoms with Crippen molar-refractivity contribution < 1.29 is 14.0 Å². The minimum absolute atomic E-state index is 0.0406. The van der Waals surface area contributed by atoms with Crippen LogP contribution in [0.2, 0.25) is 0 Å². The van der Waals surface area contributed by atoms with Crippen molar-refractivity contribution in [2.45, 2.75) is 19.9 Å². The van der Waals surface area contributed by atoms with Crippen LogP contribution in [0.3, 0.4) is 0 Å². The van der Waals surface area contributed by atoms with E-state index >= 15 is 0 Å². The normalized spacial score (nSPS) is 10.1. The van der Waals surface area contributed by atoms with Gasteiger partial charge in [0.25, 0.3) is 0 Å². The first-order valence-corrected chi connectivity index (χ1v) is 6.79. The molecule has 0 bridgehead atoms. The van der Waals surface area contributed by atoms with Crippen LogP contribution < -0.4 is 10.6 Å². The SMILES string of the molecule is CC(=O)c1ccc(NCCC(=O)NCc2ccco2)cc1. The largest absolute Gasteiger partial charge is 0.467 e. The summed E-state index contributed by atoms with van der Waals surface area (Å²) < 4.78 is 5.13. The predicted molar refractivity (Wildman–Crippen MR) is 80.1 cm³/mol. The van der Waals surface area contributed by atoms with Crippen molar-refractivity contribution in [1.29, 1.82) is 0 Å². The summed E-state index contributed by atoms with van der Waals surface area (Å²) in [5.41, 5.74) is 1.57. The van der Waals surface area contributed by atoms with Gasteiger partial charge in [0.1, 0.15) is 5.76 Å². The van der Waals surface area contributed by atoms with Gasteiger partial charge in [0.2, 0.25) is 5.91 Å². The van der Waals surface area contributed by atoms with Gasteiger partial charge in [0.15, 0.2) is 5.78 Å². The van der Waals surface area contributed by atoms with Crippen LogP contribution in [-0.2, 0) is 11.3 Å². The fourth-order valence-corrected chi connectivity index (χ4v) is 1.83. The first-order valence-electron chi connectivity index (χ1n) is 6.79. The summed E-state index contributed by atoms with van der Waals surface area (Å²) in [6, 6.07) is 10.8. The Morgan fingerprint density at radius 1 is 1.14 bits per heavy atom. The zero-order valence-electron chi connectivity index (χ0n) is 11.9. The molecule has 2 rings (SSSR count). The Balaban J connectivity index is 1.68. The Hall–Kier alpha value is -2.56. The number of amides is 1. The van der Waals surface area contributed by atoms with Gasteiger partial charge in [-0.05, 0) is 43.3 Å². The number of benzene rings is 1. The zero-order chi connectivity index (χ0) is 15.1. The van der Waals surface area contributed by atoms with E-state index in [1.54, 1.807) is 24.5 Å². The standard InChI is InChI=1S/C16H18N2O3/c1-12(19)13-4-6-14(7-5-13)17-9-8-16(20)18-11-15-3-2-10-21-15/h2-7,10,17H,8-9,11H2,1H3,(H,18,20). The molecule has 1 aromatic heterocycles. The van der Waals surface area contributed by atoms with Crippen molar-refractivity contribution in [2.24, 2.45) is 0 Å². The average molecular weight is 286 g/mol. The molecule has 110 valence electrons. The molecule has 0 fully saturated rings. The van der Waals surface area contributed by atoms with Crippen molar-refractivity contribution in [3.05, 3.63) is 54.0 Å². The maximum atomic E-state index is 11.6. The zero-order valence-corrected chi connectivity index (χ0v) is 11.9. The highest BCUT2D eigenvalue weighted by atomic mass is 16.3. The van der Waals surface area contributed by atoms with Crippen molar-refractivity contribution in [2.75, 3.05) is 11.9 Å². The fraction of sp³-hybridized carbons (Fsp3) is 0.250. The third-order valence-corrected chi connectivity index (χ3v) is 3.01. The Morgan fingerprint density at radius 2 is 1.90 bits per heavy atom. The summed E-state index contributed by atoms with van der Waals surface area (Å²) in [6.45, 7) is 2.47. The Labute approximate surface area is 123 Å². The van der Waals surface area contributed by atoms with E-state index in [0.29, 0.717) is 25.1 Å². The Morgan fingerprint density at radius 3 is 2.52 bits per heavy atom. The van der Waals surface area contributed by atoms with Crippen LogP contribution >= 0.6 is 0 Å². The van der Waals surface area contributed by atoms with Gasteiger partial charge in [0.05, 0.1) is 12.8 Å². The first kappa shape index (κ1) is 14.8. The van der Waals surface area contributed by atoms with Gasteiger partial charge in [-0.25, -0.2) is 0 Å². The number of hydrogen-bond donors (Lipinski definition) is 2. The van der Waals surface area contributed by atoms with Gasteiger partial charge < -0.3 is 15.1 Å². The lowest BCUT2D eigenvalue weighted by Crippen LogP contribution is -2.24. The van der Waals surface area contributed by atoms with Crippen molar-refractivity contribution in [3.8, 4) is 0 Å².